The van der Waals surface area contributed by atoms with Gasteiger partial charge >= 0.3 is 0 Å². The third kappa shape index (κ3) is 3.69. The van der Waals surface area contributed by atoms with Crippen molar-refractivity contribution in [2.45, 2.75) is 39.7 Å². The highest BCUT2D eigenvalue weighted by atomic mass is 16.5. The number of nitrogens with one attached hydrogen (secondary N) is 1. The van der Waals surface area contributed by atoms with E-state index in [1.165, 1.54) is 24.0 Å². The number of aryl methyl sites for hydroxylation is 1. The first-order valence-electron chi connectivity index (χ1n) is 8.94. The molecule has 4 heteroatoms. The Balaban J connectivity index is 1.71. The largest absolute Gasteiger partial charge is 0.381 e. The van der Waals surface area contributed by atoms with Gasteiger partial charge in [0.15, 0.2) is 5.96 Å². The van der Waals surface area contributed by atoms with Crippen molar-refractivity contribution < 1.29 is 4.74 Å². The van der Waals surface area contributed by atoms with Crippen molar-refractivity contribution in [3.8, 4) is 0 Å². The van der Waals surface area contributed by atoms with Crippen molar-refractivity contribution in [3.63, 3.8) is 0 Å². The molecule has 0 amide bonds. The summed E-state index contributed by atoms with van der Waals surface area (Å²) in [6, 6.07) is 8.62. The average molecular weight is 315 g/mol. The minimum Gasteiger partial charge on any atom is -0.381 e. The lowest BCUT2D eigenvalue weighted by atomic mass is 9.87. The number of rotatable bonds is 4. The molecule has 0 bridgehead atoms. The van der Waals surface area contributed by atoms with Gasteiger partial charge in [0.25, 0.3) is 0 Å². The van der Waals surface area contributed by atoms with Crippen LogP contribution in [0.5, 0.6) is 0 Å². The lowest BCUT2D eigenvalue weighted by Gasteiger charge is -2.25. The summed E-state index contributed by atoms with van der Waals surface area (Å²) in [6.45, 7) is 10.0. The molecular formula is C19H29N3O. The molecule has 1 aromatic rings. The van der Waals surface area contributed by atoms with Crippen molar-refractivity contribution in [1.82, 2.24) is 10.2 Å². The molecule has 2 aliphatic heterocycles. The first kappa shape index (κ1) is 16.3. The first-order valence-corrected chi connectivity index (χ1v) is 8.94. The van der Waals surface area contributed by atoms with Crippen LogP contribution in [0.2, 0.25) is 0 Å². The van der Waals surface area contributed by atoms with Gasteiger partial charge in [0, 0.05) is 31.7 Å². The smallest absolute Gasteiger partial charge is 0.194 e. The first-order chi connectivity index (χ1) is 11.3. The topological polar surface area (TPSA) is 36.9 Å². The van der Waals surface area contributed by atoms with Gasteiger partial charge in [0.05, 0.1) is 13.2 Å². The van der Waals surface area contributed by atoms with Crippen LogP contribution >= 0.6 is 0 Å². The summed E-state index contributed by atoms with van der Waals surface area (Å²) in [5, 5.41) is 3.47. The summed E-state index contributed by atoms with van der Waals surface area (Å²) in [7, 11) is 0. The van der Waals surface area contributed by atoms with Gasteiger partial charge in [0.2, 0.25) is 0 Å². The third-order valence-corrected chi connectivity index (χ3v) is 5.16. The average Bonchev–Trinajstić information content (AvgIpc) is 3.22. The number of aliphatic imine (C=N–C) groups is 1. The maximum atomic E-state index is 5.64. The molecule has 1 aromatic carbocycles. The Bertz CT molecular complexity index is 549. The number of nitrogens with zero attached hydrogens (tertiary/aromatic N) is 2. The van der Waals surface area contributed by atoms with E-state index in [1.807, 2.05) is 0 Å². The highest BCUT2D eigenvalue weighted by Gasteiger charge is 2.42. The molecule has 0 saturated carbocycles. The Morgan fingerprint density at radius 1 is 1.26 bits per heavy atom. The fourth-order valence-corrected chi connectivity index (χ4v) is 3.73. The Kier molecular flexibility index (Phi) is 5.21. The molecule has 2 heterocycles. The zero-order valence-corrected chi connectivity index (χ0v) is 14.5. The number of likely N-dealkylation sites (tertiary alicyclic amines) is 1. The molecular weight excluding hydrogens is 286 g/mol. The summed E-state index contributed by atoms with van der Waals surface area (Å²) >= 11 is 0. The molecule has 0 radical (unpaired) electrons. The lowest BCUT2D eigenvalue weighted by molar-refractivity contribution is 0.156. The van der Waals surface area contributed by atoms with Crippen LogP contribution in [0.15, 0.2) is 29.3 Å². The van der Waals surface area contributed by atoms with E-state index >= 15 is 0 Å². The Labute approximate surface area is 139 Å². The van der Waals surface area contributed by atoms with Gasteiger partial charge in [-0.05, 0) is 37.3 Å². The number of ether oxygens (including phenoxy) is 1. The lowest BCUT2D eigenvalue weighted by Crippen LogP contribution is -2.41. The molecule has 3 rings (SSSR count). The van der Waals surface area contributed by atoms with Crippen LogP contribution in [0.25, 0.3) is 0 Å². The van der Waals surface area contributed by atoms with Crippen molar-refractivity contribution in [1.29, 1.82) is 0 Å². The molecule has 1 atom stereocenters. The second kappa shape index (κ2) is 7.35. The quantitative estimate of drug-likeness (QED) is 0.686. The summed E-state index contributed by atoms with van der Waals surface area (Å²) in [4.78, 5) is 7.34. The second-order valence-corrected chi connectivity index (χ2v) is 6.77. The monoisotopic (exact) mass is 315 g/mol. The molecule has 0 aliphatic carbocycles. The predicted octanol–water partition coefficient (Wildman–Crippen LogP) is 2.83. The van der Waals surface area contributed by atoms with E-state index in [-0.39, 0.29) is 0 Å². The van der Waals surface area contributed by atoms with Crippen LogP contribution < -0.4 is 5.32 Å². The fraction of sp³-hybridized carbons (Fsp3) is 0.632. The summed E-state index contributed by atoms with van der Waals surface area (Å²) < 4.78 is 5.64. The van der Waals surface area contributed by atoms with Crippen molar-refractivity contribution in [2.24, 2.45) is 10.4 Å². The number of hydrogen-bond donors (Lipinski definition) is 1. The molecule has 23 heavy (non-hydrogen) atoms. The highest BCUT2D eigenvalue weighted by Crippen LogP contribution is 2.38. The molecule has 1 spiro atoms. The zero-order valence-electron chi connectivity index (χ0n) is 14.5. The van der Waals surface area contributed by atoms with E-state index in [0.29, 0.717) is 5.41 Å². The maximum Gasteiger partial charge on any atom is 0.194 e. The highest BCUT2D eigenvalue weighted by molar-refractivity contribution is 5.80. The van der Waals surface area contributed by atoms with Crippen LogP contribution in [0.3, 0.4) is 0 Å². The Hall–Kier alpha value is -1.55. The minimum atomic E-state index is 0.373. The van der Waals surface area contributed by atoms with Gasteiger partial charge in [-0.25, -0.2) is 4.99 Å². The van der Waals surface area contributed by atoms with E-state index in [4.69, 9.17) is 9.73 Å². The Morgan fingerprint density at radius 2 is 2.09 bits per heavy atom. The van der Waals surface area contributed by atoms with Crippen LogP contribution in [0.4, 0.5) is 0 Å². The molecule has 2 aliphatic rings. The number of benzene rings is 1. The van der Waals surface area contributed by atoms with Crippen molar-refractivity contribution in [2.75, 3.05) is 32.8 Å². The van der Waals surface area contributed by atoms with E-state index in [9.17, 15) is 0 Å². The molecule has 2 saturated heterocycles. The van der Waals surface area contributed by atoms with Crippen LogP contribution in [-0.2, 0) is 17.7 Å². The number of hydrogen-bond acceptors (Lipinski definition) is 2. The van der Waals surface area contributed by atoms with Crippen LogP contribution in [0.1, 0.15) is 37.8 Å². The van der Waals surface area contributed by atoms with E-state index in [1.54, 1.807) is 0 Å². The van der Waals surface area contributed by atoms with Crippen LogP contribution in [-0.4, -0.2) is 43.7 Å². The summed E-state index contributed by atoms with van der Waals surface area (Å²) in [5.74, 6) is 1.06. The van der Waals surface area contributed by atoms with E-state index in [0.717, 1.165) is 51.8 Å². The standard InChI is InChI=1S/C19H29N3O/c1-3-16-7-5-6-8-17(16)13-21-18(20-4-2)22-11-9-19(14-22)10-12-23-15-19/h5-8H,3-4,9-15H2,1-2H3,(H,20,21). The normalized spacial score (nSPS) is 24.6. The molecule has 0 aromatic heterocycles. The van der Waals surface area contributed by atoms with Gasteiger partial charge in [-0.15, -0.1) is 0 Å². The molecule has 2 fully saturated rings. The maximum absolute atomic E-state index is 5.64. The van der Waals surface area contributed by atoms with Crippen molar-refractivity contribution in [3.05, 3.63) is 35.4 Å². The zero-order chi connectivity index (χ0) is 16.1. The fourth-order valence-electron chi connectivity index (χ4n) is 3.73. The minimum absolute atomic E-state index is 0.373. The van der Waals surface area contributed by atoms with Gasteiger partial charge in [-0.3, -0.25) is 0 Å². The van der Waals surface area contributed by atoms with Gasteiger partial charge in [-0.2, -0.15) is 0 Å². The van der Waals surface area contributed by atoms with Gasteiger partial charge in [-0.1, -0.05) is 31.2 Å². The van der Waals surface area contributed by atoms with Crippen molar-refractivity contribution >= 4 is 5.96 Å². The van der Waals surface area contributed by atoms with E-state index < -0.39 is 0 Å². The number of guanidine groups is 1. The molecule has 1 N–H and O–H groups in total. The summed E-state index contributed by atoms with van der Waals surface area (Å²) in [5.41, 5.74) is 3.11. The molecule has 4 nitrogen and oxygen atoms in total. The second-order valence-electron chi connectivity index (χ2n) is 6.77. The predicted molar refractivity (Wildman–Crippen MR) is 94.7 cm³/mol. The summed E-state index contributed by atoms with van der Waals surface area (Å²) in [6.07, 6.45) is 3.48. The van der Waals surface area contributed by atoms with E-state index in [2.05, 4.69) is 48.3 Å². The molecule has 1 unspecified atom stereocenters. The SMILES string of the molecule is CCNC(=NCc1ccccc1CC)N1CCC2(CCOC2)C1. The van der Waals surface area contributed by atoms with Gasteiger partial charge in [0.1, 0.15) is 0 Å². The third-order valence-electron chi connectivity index (χ3n) is 5.16. The molecule has 126 valence electrons. The van der Waals surface area contributed by atoms with Gasteiger partial charge < -0.3 is 15.0 Å². The Morgan fingerprint density at radius 3 is 2.78 bits per heavy atom. The van der Waals surface area contributed by atoms with Crippen LogP contribution in [0, 0.1) is 5.41 Å².